The van der Waals surface area contributed by atoms with Gasteiger partial charge in [0.2, 0.25) is 0 Å². The number of aliphatic hydroxyl groups is 1. The van der Waals surface area contributed by atoms with Crippen LogP contribution < -0.4 is 0 Å². The summed E-state index contributed by atoms with van der Waals surface area (Å²) in [6.45, 7) is 3.83. The van der Waals surface area contributed by atoms with Crippen molar-refractivity contribution in [1.82, 2.24) is 0 Å². The molecule has 1 N–H and O–H groups in total. The molecule has 1 fully saturated rings. The lowest BCUT2D eigenvalue weighted by atomic mass is 9.89. The largest absolute Gasteiger partial charge is 0.394 e. The van der Waals surface area contributed by atoms with Gasteiger partial charge in [-0.25, -0.2) is 0 Å². The molecule has 0 spiro atoms. The van der Waals surface area contributed by atoms with E-state index in [0.717, 1.165) is 0 Å². The molecule has 72 valence electrons. The van der Waals surface area contributed by atoms with Crippen molar-refractivity contribution in [3.8, 4) is 0 Å². The Balaban J connectivity index is 2.66. The third-order valence-electron chi connectivity index (χ3n) is 2.34. The molecule has 0 aliphatic carbocycles. The highest BCUT2D eigenvalue weighted by Crippen LogP contribution is 2.29. The molecule has 0 aromatic heterocycles. The van der Waals surface area contributed by atoms with Crippen molar-refractivity contribution < 1.29 is 16.0 Å². The van der Waals surface area contributed by atoms with Crippen LogP contribution in [0.15, 0.2) is 0 Å². The van der Waals surface area contributed by atoms with E-state index in [9.17, 15) is 0 Å². The number of hydrogen-bond acceptors (Lipinski definition) is 3. The van der Waals surface area contributed by atoms with Crippen LogP contribution in [0.3, 0.4) is 0 Å². The fraction of sp³-hybridized carbons (Fsp3) is 1.00. The third kappa shape index (κ3) is 1.97. The van der Waals surface area contributed by atoms with E-state index in [1.54, 1.807) is 7.11 Å². The van der Waals surface area contributed by atoms with E-state index < -0.39 is 0 Å². The highest BCUT2D eigenvalue weighted by molar-refractivity contribution is 4.76. The van der Waals surface area contributed by atoms with Gasteiger partial charge in [0.05, 0.1) is 12.7 Å². The van der Waals surface area contributed by atoms with E-state index in [-0.39, 0.29) is 37.2 Å². The molecule has 5 atom stereocenters. The molecule has 0 radical (unpaired) electrons. The predicted molar refractivity (Wildman–Crippen MR) is 45.7 cm³/mol. The summed E-state index contributed by atoms with van der Waals surface area (Å²) < 4.78 is 18.5. The minimum atomic E-state index is -0.351. The molecular weight excluding hydrogens is 156 g/mol. The first kappa shape index (κ1) is 8.48. The molecule has 1 rings (SSSR count). The van der Waals surface area contributed by atoms with Gasteiger partial charge < -0.3 is 14.6 Å². The van der Waals surface area contributed by atoms with Crippen molar-refractivity contribution in [2.45, 2.75) is 32.6 Å². The zero-order valence-electron chi connectivity index (χ0n) is 8.86. The molecule has 1 aliphatic rings. The molecule has 1 aliphatic heterocycles. The van der Waals surface area contributed by atoms with Gasteiger partial charge in [-0.05, 0) is 12.3 Å². The van der Waals surface area contributed by atoms with Crippen molar-refractivity contribution in [3.05, 3.63) is 0 Å². The lowest BCUT2D eigenvalue weighted by Gasteiger charge is -2.37. The van der Waals surface area contributed by atoms with Crippen LogP contribution in [-0.4, -0.2) is 31.2 Å². The molecule has 12 heavy (non-hydrogen) atoms. The maximum Gasteiger partial charge on any atom is 0.160 e. The van der Waals surface area contributed by atoms with Gasteiger partial charge in [-0.2, -0.15) is 0 Å². The lowest BCUT2D eigenvalue weighted by Crippen LogP contribution is -2.41. The van der Waals surface area contributed by atoms with E-state index in [4.69, 9.17) is 16.0 Å². The Morgan fingerprint density at radius 2 is 2.25 bits per heavy atom. The minimum Gasteiger partial charge on any atom is -0.394 e. The molecule has 0 saturated carbocycles. The quantitative estimate of drug-likeness (QED) is 0.680. The fourth-order valence-corrected chi connectivity index (χ4v) is 1.59. The van der Waals surface area contributed by atoms with Crippen LogP contribution in [-0.2, 0) is 9.47 Å². The number of ether oxygens (including phenoxy) is 2. The van der Waals surface area contributed by atoms with E-state index in [2.05, 4.69) is 0 Å². The number of rotatable bonds is 2. The van der Waals surface area contributed by atoms with Gasteiger partial charge in [0.1, 0.15) is 0 Å². The molecule has 1 heterocycles. The Kier molecular flexibility index (Phi) is 2.98. The molecule has 3 nitrogen and oxygen atoms in total. The number of hydrogen-bond donors (Lipinski definition) is 1. The molecule has 3 heteroatoms. The Bertz CT molecular complexity index is 145. The van der Waals surface area contributed by atoms with Crippen LogP contribution in [0.2, 0.25) is 0 Å². The lowest BCUT2D eigenvalue weighted by molar-refractivity contribution is -0.227. The Hall–Kier alpha value is -0.120. The van der Waals surface area contributed by atoms with Crippen LogP contribution in [0, 0.1) is 11.8 Å². The molecule has 5 unspecified atom stereocenters. The van der Waals surface area contributed by atoms with Gasteiger partial charge in [0.25, 0.3) is 0 Å². The maximum atomic E-state index is 9.01. The molecular formula is C9H18O3. The Labute approximate surface area is 75.1 Å². The smallest absolute Gasteiger partial charge is 0.160 e. The summed E-state index contributed by atoms with van der Waals surface area (Å²) in [5, 5.41) is 9.01. The highest BCUT2D eigenvalue weighted by atomic mass is 16.7. The summed E-state index contributed by atoms with van der Waals surface area (Å²) >= 11 is 0. The van der Waals surface area contributed by atoms with Crippen LogP contribution in [0.25, 0.3) is 0 Å². The van der Waals surface area contributed by atoms with Crippen molar-refractivity contribution in [1.29, 1.82) is 0 Å². The van der Waals surface area contributed by atoms with Gasteiger partial charge in [-0.1, -0.05) is 13.8 Å². The second-order valence-electron chi connectivity index (χ2n) is 3.37. The average Bonchev–Trinajstić information content (AvgIpc) is 2.15. The fourth-order valence-electron chi connectivity index (χ4n) is 1.59. The number of methoxy groups -OCH3 is 1. The summed E-state index contributed by atoms with van der Waals surface area (Å²) in [5.74, 6) is 0.120. The van der Waals surface area contributed by atoms with Gasteiger partial charge in [0, 0.05) is 14.4 Å². The van der Waals surface area contributed by atoms with Crippen molar-refractivity contribution in [2.24, 2.45) is 11.8 Å². The van der Waals surface area contributed by atoms with Crippen molar-refractivity contribution in [2.75, 3.05) is 13.7 Å². The average molecular weight is 175 g/mol. The first-order valence-corrected chi connectivity index (χ1v) is 4.33. The normalized spacial score (nSPS) is 50.3. The number of aliphatic hydroxyl groups excluding tert-OH is 1. The van der Waals surface area contributed by atoms with Gasteiger partial charge in [0.15, 0.2) is 6.29 Å². The van der Waals surface area contributed by atoms with Gasteiger partial charge >= 0.3 is 0 Å². The molecule has 0 aromatic rings. The van der Waals surface area contributed by atoms with E-state index in [1.807, 2.05) is 13.8 Å². The summed E-state index contributed by atoms with van der Waals surface area (Å²) in [7, 11) is 1.57. The topological polar surface area (TPSA) is 38.7 Å². The van der Waals surface area contributed by atoms with Gasteiger partial charge in [-0.3, -0.25) is 0 Å². The first-order chi connectivity index (χ1) is 6.11. The minimum absolute atomic E-state index is 0.0386. The zero-order valence-corrected chi connectivity index (χ0v) is 7.86. The first-order valence-electron chi connectivity index (χ1n) is 4.91. The standard InChI is InChI=1S/C9H18O3/c1-6-4-7(2)9(11-3)12-8(6)5-10/h6-10H,4-5H2,1-3H3/i4D. The van der Waals surface area contributed by atoms with Crippen LogP contribution in [0.5, 0.6) is 0 Å². The Morgan fingerprint density at radius 3 is 2.75 bits per heavy atom. The van der Waals surface area contributed by atoms with Crippen molar-refractivity contribution in [3.63, 3.8) is 0 Å². The maximum absolute atomic E-state index is 9.01. The second-order valence-corrected chi connectivity index (χ2v) is 3.37. The van der Waals surface area contributed by atoms with Crippen LogP contribution >= 0.6 is 0 Å². The molecule has 0 aromatic carbocycles. The summed E-state index contributed by atoms with van der Waals surface area (Å²) in [5.41, 5.74) is 0. The zero-order chi connectivity index (χ0) is 10.0. The summed E-state index contributed by atoms with van der Waals surface area (Å²) in [6, 6.07) is 0. The van der Waals surface area contributed by atoms with Crippen LogP contribution in [0.4, 0.5) is 0 Å². The monoisotopic (exact) mass is 175 g/mol. The van der Waals surface area contributed by atoms with E-state index in [1.165, 1.54) is 0 Å². The van der Waals surface area contributed by atoms with Crippen molar-refractivity contribution >= 4 is 0 Å². The summed E-state index contributed by atoms with van der Waals surface area (Å²) in [6.07, 6.45) is -0.838. The molecule has 0 bridgehead atoms. The SMILES string of the molecule is [2H]C1C(C)C(CO)OC(OC)C1C. The molecule has 1 saturated heterocycles. The Morgan fingerprint density at radius 1 is 1.58 bits per heavy atom. The van der Waals surface area contributed by atoms with E-state index in [0.29, 0.717) is 0 Å². The predicted octanol–water partition coefficient (Wildman–Crippen LogP) is 1.01. The van der Waals surface area contributed by atoms with Crippen LogP contribution in [0.1, 0.15) is 21.6 Å². The second kappa shape index (κ2) is 4.21. The molecule has 0 amide bonds. The van der Waals surface area contributed by atoms with Gasteiger partial charge in [-0.15, -0.1) is 0 Å². The van der Waals surface area contributed by atoms with E-state index >= 15 is 0 Å². The highest BCUT2D eigenvalue weighted by Gasteiger charge is 2.32. The summed E-state index contributed by atoms with van der Waals surface area (Å²) in [4.78, 5) is 0. The third-order valence-corrected chi connectivity index (χ3v) is 2.34.